The van der Waals surface area contributed by atoms with Crippen LogP contribution < -0.4 is 10.6 Å². The lowest BCUT2D eigenvalue weighted by molar-refractivity contribution is -0.118. The Hall–Kier alpha value is -2.32. The van der Waals surface area contributed by atoms with E-state index in [2.05, 4.69) is 43.9 Å². The quantitative estimate of drug-likeness (QED) is 0.421. The number of hydrogen-bond acceptors (Lipinski definition) is 4. The van der Waals surface area contributed by atoms with Gasteiger partial charge in [0.1, 0.15) is 11.5 Å². The predicted molar refractivity (Wildman–Crippen MR) is 132 cm³/mol. The summed E-state index contributed by atoms with van der Waals surface area (Å²) in [5.41, 5.74) is 3.30. The SMILES string of the molecule is C/C=C\C(F)=C(/C)F.CC(=O)NCCC1=C(c2onc([C@@H]3CCCNC3)c2Br)C=CC=CC1. The number of carbonyl (C=O) groups excluding carboxylic acids is 1. The minimum Gasteiger partial charge on any atom is -0.356 e. The number of rotatable bonds is 6. The number of nitrogens with zero attached hydrogens (tertiary/aromatic N) is 1. The Morgan fingerprint density at radius 3 is 2.76 bits per heavy atom. The van der Waals surface area contributed by atoms with Crippen molar-refractivity contribution in [3.63, 3.8) is 0 Å². The molecule has 1 saturated heterocycles. The Morgan fingerprint density at radius 2 is 2.15 bits per heavy atom. The number of nitrogens with one attached hydrogen (secondary N) is 2. The molecular weight excluding hydrogens is 492 g/mol. The normalized spacial score (nSPS) is 19.2. The highest BCUT2D eigenvalue weighted by Crippen LogP contribution is 2.37. The van der Waals surface area contributed by atoms with E-state index in [1.54, 1.807) is 13.8 Å². The lowest BCUT2D eigenvalue weighted by Gasteiger charge is -2.20. The lowest BCUT2D eigenvalue weighted by Crippen LogP contribution is -2.28. The predicted octanol–water partition coefficient (Wildman–Crippen LogP) is 6.43. The van der Waals surface area contributed by atoms with Crippen molar-refractivity contribution in [3.8, 4) is 0 Å². The average molecular weight is 524 g/mol. The summed E-state index contributed by atoms with van der Waals surface area (Å²) in [6.07, 6.45) is 14.7. The highest BCUT2D eigenvalue weighted by molar-refractivity contribution is 9.10. The third-order valence-corrected chi connectivity index (χ3v) is 6.05. The third-order valence-electron chi connectivity index (χ3n) is 5.29. The van der Waals surface area contributed by atoms with Crippen molar-refractivity contribution in [1.29, 1.82) is 0 Å². The number of piperidine rings is 1. The van der Waals surface area contributed by atoms with E-state index >= 15 is 0 Å². The van der Waals surface area contributed by atoms with Crippen molar-refractivity contribution in [2.45, 2.75) is 52.4 Å². The fourth-order valence-electron chi connectivity index (χ4n) is 3.59. The van der Waals surface area contributed by atoms with Crippen LogP contribution in [-0.4, -0.2) is 30.7 Å². The van der Waals surface area contributed by atoms with E-state index in [0.717, 1.165) is 73.3 Å². The van der Waals surface area contributed by atoms with Crippen LogP contribution in [0.15, 0.2) is 62.7 Å². The van der Waals surface area contributed by atoms with Crippen molar-refractivity contribution in [2.75, 3.05) is 19.6 Å². The minimum atomic E-state index is -0.799. The molecule has 0 radical (unpaired) electrons. The summed E-state index contributed by atoms with van der Waals surface area (Å²) in [5, 5.41) is 10.7. The highest BCUT2D eigenvalue weighted by atomic mass is 79.9. The second-order valence-corrected chi connectivity index (χ2v) is 8.67. The first-order valence-electron chi connectivity index (χ1n) is 11.2. The molecule has 1 aliphatic carbocycles. The minimum absolute atomic E-state index is 0.00483. The zero-order chi connectivity index (χ0) is 24.2. The topological polar surface area (TPSA) is 67.2 Å². The number of carbonyl (C=O) groups is 1. The molecule has 5 nitrogen and oxygen atoms in total. The van der Waals surface area contributed by atoms with E-state index in [-0.39, 0.29) is 5.91 Å². The molecule has 0 spiro atoms. The van der Waals surface area contributed by atoms with Gasteiger partial charge in [0.15, 0.2) is 11.6 Å². The molecule has 1 aliphatic heterocycles. The first-order chi connectivity index (χ1) is 15.8. The van der Waals surface area contributed by atoms with Crippen molar-refractivity contribution in [3.05, 3.63) is 69.6 Å². The Labute approximate surface area is 202 Å². The van der Waals surface area contributed by atoms with E-state index in [0.29, 0.717) is 12.5 Å². The van der Waals surface area contributed by atoms with Gasteiger partial charge in [-0.1, -0.05) is 41.1 Å². The monoisotopic (exact) mass is 523 g/mol. The highest BCUT2D eigenvalue weighted by Gasteiger charge is 2.26. The first-order valence-corrected chi connectivity index (χ1v) is 11.9. The zero-order valence-corrected chi connectivity index (χ0v) is 21.0. The van der Waals surface area contributed by atoms with Gasteiger partial charge in [-0.25, -0.2) is 8.78 Å². The smallest absolute Gasteiger partial charge is 0.216 e. The van der Waals surface area contributed by atoms with Crippen molar-refractivity contribution >= 4 is 27.4 Å². The summed E-state index contributed by atoms with van der Waals surface area (Å²) < 4.78 is 30.4. The summed E-state index contributed by atoms with van der Waals surface area (Å²) in [7, 11) is 0. The van der Waals surface area contributed by atoms with Gasteiger partial charge in [-0.05, 0) is 68.1 Å². The number of halogens is 3. The second kappa shape index (κ2) is 14.1. The molecule has 1 aromatic heterocycles. The van der Waals surface area contributed by atoms with Crippen LogP contribution in [0, 0.1) is 0 Å². The van der Waals surface area contributed by atoms with Gasteiger partial charge < -0.3 is 15.2 Å². The van der Waals surface area contributed by atoms with E-state index in [4.69, 9.17) is 4.52 Å². The van der Waals surface area contributed by atoms with Crippen LogP contribution in [0.4, 0.5) is 8.78 Å². The molecule has 0 aromatic carbocycles. The van der Waals surface area contributed by atoms with Crippen LogP contribution in [0.2, 0.25) is 0 Å². The fraction of sp³-hybridized carbons (Fsp3) is 0.440. The second-order valence-electron chi connectivity index (χ2n) is 7.88. The molecule has 1 atom stereocenters. The molecule has 0 bridgehead atoms. The summed E-state index contributed by atoms with van der Waals surface area (Å²) in [6.45, 7) is 6.89. The van der Waals surface area contributed by atoms with Gasteiger partial charge in [-0.3, -0.25) is 4.79 Å². The average Bonchev–Trinajstić information content (AvgIpc) is 3.01. The lowest BCUT2D eigenvalue weighted by atomic mass is 9.94. The molecule has 2 aliphatic rings. The van der Waals surface area contributed by atoms with E-state index in [9.17, 15) is 13.6 Å². The van der Waals surface area contributed by atoms with Gasteiger partial charge in [-0.2, -0.15) is 0 Å². The van der Waals surface area contributed by atoms with Crippen molar-refractivity contribution < 1.29 is 18.1 Å². The van der Waals surface area contributed by atoms with Crippen LogP contribution in [0.25, 0.3) is 5.57 Å². The molecule has 8 heteroatoms. The number of aromatic nitrogens is 1. The van der Waals surface area contributed by atoms with Crippen molar-refractivity contribution in [2.24, 2.45) is 0 Å². The standard InChI is InChI=1S/C19H24BrN3O2.C6H8F2/c1-13(24)22-11-9-14-6-3-2-4-8-16(14)19-17(20)18(23-25-19)15-7-5-10-21-12-15;1-3-4-6(8)5(2)7/h2-4,8,15,21H,5-7,9-12H2,1H3,(H,22,24);3-4H,1-2H3/b;4-3-,6-5-/t15-;/m1./s1. The Bertz CT molecular complexity index is 951. The van der Waals surface area contributed by atoms with Crippen LogP contribution in [0.1, 0.15) is 63.8 Å². The van der Waals surface area contributed by atoms with Crippen molar-refractivity contribution in [1.82, 2.24) is 15.8 Å². The molecule has 0 saturated carbocycles. The molecule has 2 heterocycles. The summed E-state index contributed by atoms with van der Waals surface area (Å²) in [6, 6.07) is 0. The number of allylic oxidation sites excluding steroid dienone is 9. The maximum atomic E-state index is 11.9. The molecular formula is C25H32BrF2N3O2. The molecule has 3 rings (SSSR count). The molecule has 1 aromatic rings. The molecule has 180 valence electrons. The maximum Gasteiger partial charge on any atom is 0.216 e. The summed E-state index contributed by atoms with van der Waals surface area (Å²) in [5.74, 6) is -0.402. The molecule has 1 fully saturated rings. The van der Waals surface area contributed by atoms with Gasteiger partial charge in [0.2, 0.25) is 5.91 Å². The van der Waals surface area contributed by atoms with E-state index < -0.39 is 11.7 Å². The van der Waals surface area contributed by atoms with Crippen LogP contribution in [0.5, 0.6) is 0 Å². The van der Waals surface area contributed by atoms with Crippen LogP contribution >= 0.6 is 15.9 Å². The largest absolute Gasteiger partial charge is 0.356 e. The fourth-order valence-corrected chi connectivity index (χ4v) is 4.27. The van der Waals surface area contributed by atoms with Gasteiger partial charge in [0.25, 0.3) is 0 Å². The maximum absolute atomic E-state index is 11.9. The first kappa shape index (κ1) is 26.9. The molecule has 0 unspecified atom stereocenters. The molecule has 33 heavy (non-hydrogen) atoms. The van der Waals surface area contributed by atoms with E-state index in [1.807, 2.05) is 12.2 Å². The Kier molecular flexibility index (Phi) is 11.5. The van der Waals surface area contributed by atoms with E-state index in [1.165, 1.54) is 11.6 Å². The zero-order valence-electron chi connectivity index (χ0n) is 19.4. The van der Waals surface area contributed by atoms with Gasteiger partial charge in [0.05, 0.1) is 4.47 Å². The number of amides is 1. The van der Waals surface area contributed by atoms with Gasteiger partial charge >= 0.3 is 0 Å². The molecule has 1 amide bonds. The van der Waals surface area contributed by atoms with Crippen LogP contribution in [0.3, 0.4) is 0 Å². The number of hydrogen-bond donors (Lipinski definition) is 2. The molecule has 2 N–H and O–H groups in total. The Balaban J connectivity index is 0.000000414. The van der Waals surface area contributed by atoms with Gasteiger partial charge in [-0.15, -0.1) is 0 Å². The summed E-state index contributed by atoms with van der Waals surface area (Å²) in [4.78, 5) is 11.1. The third kappa shape index (κ3) is 8.51. The Morgan fingerprint density at radius 1 is 1.36 bits per heavy atom. The summed E-state index contributed by atoms with van der Waals surface area (Å²) >= 11 is 3.72. The van der Waals surface area contributed by atoms with Crippen LogP contribution in [-0.2, 0) is 4.79 Å². The van der Waals surface area contributed by atoms with Gasteiger partial charge in [0, 0.05) is 31.5 Å².